The van der Waals surface area contributed by atoms with Crippen LogP contribution in [-0.4, -0.2) is 54.2 Å². The molecule has 5 aromatic heterocycles. The van der Waals surface area contributed by atoms with Crippen molar-refractivity contribution in [2.75, 3.05) is 12.4 Å². The zero-order valence-electron chi connectivity index (χ0n) is 21.8. The maximum Gasteiger partial charge on any atom is 0.270 e. The Bertz CT molecular complexity index is 1690. The van der Waals surface area contributed by atoms with Crippen LogP contribution in [0.3, 0.4) is 0 Å². The van der Waals surface area contributed by atoms with Gasteiger partial charge in [0, 0.05) is 54.6 Å². The van der Waals surface area contributed by atoms with Gasteiger partial charge in [-0.1, -0.05) is 6.07 Å². The van der Waals surface area contributed by atoms with Crippen LogP contribution in [0.4, 0.5) is 16.2 Å². The summed E-state index contributed by atoms with van der Waals surface area (Å²) in [7, 11) is 1.60. The van der Waals surface area contributed by atoms with Crippen LogP contribution >= 0.6 is 0 Å². The van der Waals surface area contributed by atoms with Crippen molar-refractivity contribution >= 4 is 23.9 Å². The van der Waals surface area contributed by atoms with E-state index in [9.17, 15) is 9.18 Å². The normalized spacial score (nSPS) is 11.1. The lowest BCUT2D eigenvalue weighted by atomic mass is 10.1. The van der Waals surface area contributed by atoms with Crippen molar-refractivity contribution in [3.8, 4) is 22.6 Å². The fourth-order valence-electron chi connectivity index (χ4n) is 3.71. The van der Waals surface area contributed by atoms with Crippen LogP contribution in [0.2, 0.25) is 0 Å². The molecule has 200 valence electrons. The van der Waals surface area contributed by atoms with E-state index < -0.39 is 5.82 Å². The molecule has 5 heterocycles. The van der Waals surface area contributed by atoms with E-state index in [0.29, 0.717) is 39.9 Å². The summed E-state index contributed by atoms with van der Waals surface area (Å²) in [5, 5.41) is 9.63. The van der Waals surface area contributed by atoms with Crippen LogP contribution in [0, 0.1) is 19.7 Å². The van der Waals surface area contributed by atoms with Crippen molar-refractivity contribution in [1.29, 1.82) is 0 Å². The number of carbonyl (C=O) groups excluding carboxylic acids is 1. The SMILES string of the molecule is CN=Cc1nc(Nc2cc(C)nc(-c3ccc(C(=O)NCc4ccc(-c5cc(F)cnc5C)nc4)nc3)n2)no1. The molecule has 0 saturated carbocycles. The predicted molar refractivity (Wildman–Crippen MR) is 144 cm³/mol. The molecule has 0 radical (unpaired) electrons. The Kier molecular flexibility index (Phi) is 7.53. The van der Waals surface area contributed by atoms with Gasteiger partial charge in [0.2, 0.25) is 0 Å². The highest BCUT2D eigenvalue weighted by atomic mass is 19.1. The monoisotopic (exact) mass is 538 g/mol. The Morgan fingerprint density at radius 3 is 2.65 bits per heavy atom. The molecule has 2 N–H and O–H groups in total. The summed E-state index contributed by atoms with van der Waals surface area (Å²) in [6.07, 6.45) is 5.77. The standard InChI is InChI=1S/C27H23FN10O2/c1-15-8-23(36-27-37-24(14-29-3)40-38-27)35-25(34-15)18-5-7-22(32-12-18)26(39)33-11-17-4-6-21(31-10-17)20-9-19(28)13-30-16(20)2/h4-10,12-14H,11H2,1-3H3,(H,33,39)(H,34,35,36,38). The fraction of sp³-hybridized carbons (Fsp3) is 0.148. The quantitative estimate of drug-likeness (QED) is 0.278. The molecular weight excluding hydrogens is 515 g/mol. The molecule has 5 rings (SSSR count). The predicted octanol–water partition coefficient (Wildman–Crippen LogP) is 3.86. The number of nitrogens with zero attached hydrogens (tertiary/aromatic N) is 8. The summed E-state index contributed by atoms with van der Waals surface area (Å²) in [5.74, 6) is 0.596. The van der Waals surface area contributed by atoms with Crippen molar-refractivity contribution in [1.82, 2.24) is 40.4 Å². The van der Waals surface area contributed by atoms with Gasteiger partial charge in [0.05, 0.1) is 18.1 Å². The maximum absolute atomic E-state index is 13.6. The number of hydrogen-bond donors (Lipinski definition) is 2. The number of anilines is 2. The third-order valence-electron chi connectivity index (χ3n) is 5.64. The first-order chi connectivity index (χ1) is 19.4. The van der Waals surface area contributed by atoms with Crippen LogP contribution in [0.1, 0.15) is 33.3 Å². The molecule has 0 aliphatic rings. The fourth-order valence-corrected chi connectivity index (χ4v) is 3.71. The van der Waals surface area contributed by atoms with E-state index >= 15 is 0 Å². The lowest BCUT2D eigenvalue weighted by Gasteiger charge is -2.08. The number of halogens is 1. The average molecular weight is 539 g/mol. The lowest BCUT2D eigenvalue weighted by molar-refractivity contribution is 0.0946. The molecule has 0 unspecified atom stereocenters. The highest BCUT2D eigenvalue weighted by molar-refractivity contribution is 5.92. The van der Waals surface area contributed by atoms with E-state index in [0.717, 1.165) is 5.56 Å². The second-order valence-electron chi connectivity index (χ2n) is 8.64. The van der Waals surface area contributed by atoms with Gasteiger partial charge in [0.15, 0.2) is 5.82 Å². The van der Waals surface area contributed by atoms with Crippen LogP contribution in [0.5, 0.6) is 0 Å². The number of aromatic nitrogens is 7. The van der Waals surface area contributed by atoms with Crippen molar-refractivity contribution in [2.45, 2.75) is 20.4 Å². The number of aliphatic imine (C=N–C) groups is 1. The number of aryl methyl sites for hydroxylation is 2. The van der Waals surface area contributed by atoms with Gasteiger partial charge in [-0.3, -0.25) is 24.7 Å². The molecule has 0 fully saturated rings. The lowest BCUT2D eigenvalue weighted by Crippen LogP contribution is -2.23. The largest absolute Gasteiger partial charge is 0.347 e. The van der Waals surface area contributed by atoms with E-state index in [1.807, 2.05) is 13.0 Å². The highest BCUT2D eigenvalue weighted by Gasteiger charge is 2.12. The zero-order chi connectivity index (χ0) is 28.1. The molecule has 0 atom stereocenters. The molecule has 1 amide bonds. The molecule has 0 saturated heterocycles. The Balaban J connectivity index is 1.22. The third kappa shape index (κ3) is 6.15. The third-order valence-corrected chi connectivity index (χ3v) is 5.64. The summed E-state index contributed by atoms with van der Waals surface area (Å²) in [6, 6.07) is 10.0. The van der Waals surface area contributed by atoms with Gasteiger partial charge in [-0.2, -0.15) is 4.98 Å². The number of carbonyl (C=O) groups is 1. The first-order valence-electron chi connectivity index (χ1n) is 12.1. The second-order valence-corrected chi connectivity index (χ2v) is 8.64. The zero-order valence-corrected chi connectivity index (χ0v) is 21.8. The van der Waals surface area contributed by atoms with Crippen molar-refractivity contribution in [3.05, 3.63) is 89.3 Å². The summed E-state index contributed by atoms with van der Waals surface area (Å²) >= 11 is 0. The topological polar surface area (TPSA) is 157 Å². The summed E-state index contributed by atoms with van der Waals surface area (Å²) in [4.78, 5) is 42.3. The minimum atomic E-state index is -0.427. The first kappa shape index (κ1) is 26.2. The minimum Gasteiger partial charge on any atom is -0.347 e. The van der Waals surface area contributed by atoms with Crippen molar-refractivity contribution in [2.24, 2.45) is 4.99 Å². The van der Waals surface area contributed by atoms with Crippen LogP contribution < -0.4 is 10.6 Å². The number of hydrogen-bond acceptors (Lipinski definition) is 11. The second kappa shape index (κ2) is 11.5. The number of nitrogens with one attached hydrogen (secondary N) is 2. The van der Waals surface area contributed by atoms with Gasteiger partial charge in [0.25, 0.3) is 17.7 Å². The van der Waals surface area contributed by atoms with Crippen molar-refractivity contribution in [3.63, 3.8) is 0 Å². The van der Waals surface area contributed by atoms with E-state index in [4.69, 9.17) is 4.52 Å². The van der Waals surface area contributed by atoms with Gasteiger partial charge < -0.3 is 15.2 Å². The molecule has 40 heavy (non-hydrogen) atoms. The summed E-state index contributed by atoms with van der Waals surface area (Å²) in [6.45, 7) is 3.86. The minimum absolute atomic E-state index is 0.231. The smallest absolute Gasteiger partial charge is 0.270 e. The summed E-state index contributed by atoms with van der Waals surface area (Å²) in [5.41, 5.74) is 4.23. The molecule has 0 aliphatic carbocycles. The molecule has 0 spiro atoms. The average Bonchev–Trinajstić information content (AvgIpc) is 3.40. The van der Waals surface area contributed by atoms with Crippen molar-refractivity contribution < 1.29 is 13.7 Å². The van der Waals surface area contributed by atoms with Crippen LogP contribution in [0.25, 0.3) is 22.6 Å². The molecule has 0 bridgehead atoms. The van der Waals surface area contributed by atoms with Gasteiger partial charge in [0.1, 0.15) is 17.3 Å². The summed E-state index contributed by atoms with van der Waals surface area (Å²) < 4.78 is 18.6. The Morgan fingerprint density at radius 2 is 1.90 bits per heavy atom. The number of rotatable bonds is 8. The Labute approximate surface area is 227 Å². The molecule has 5 aromatic rings. The maximum atomic E-state index is 13.6. The van der Waals surface area contributed by atoms with Gasteiger partial charge in [-0.05, 0) is 48.8 Å². The molecular formula is C27H23FN10O2. The van der Waals surface area contributed by atoms with E-state index in [1.54, 1.807) is 44.4 Å². The molecule has 0 aliphatic heterocycles. The van der Waals surface area contributed by atoms with E-state index in [1.165, 1.54) is 24.7 Å². The highest BCUT2D eigenvalue weighted by Crippen LogP contribution is 2.21. The number of pyridine rings is 3. The van der Waals surface area contributed by atoms with Gasteiger partial charge >= 0.3 is 0 Å². The van der Waals surface area contributed by atoms with E-state index in [2.05, 4.69) is 50.7 Å². The molecule has 0 aromatic carbocycles. The van der Waals surface area contributed by atoms with Crippen LogP contribution in [0.15, 0.2) is 64.5 Å². The van der Waals surface area contributed by atoms with Crippen LogP contribution in [-0.2, 0) is 6.54 Å². The molecule has 13 heteroatoms. The first-order valence-corrected chi connectivity index (χ1v) is 12.1. The Morgan fingerprint density at radius 1 is 1.02 bits per heavy atom. The molecule has 12 nitrogen and oxygen atoms in total. The van der Waals surface area contributed by atoms with Gasteiger partial charge in [-0.15, -0.1) is 0 Å². The van der Waals surface area contributed by atoms with E-state index in [-0.39, 0.29) is 30.0 Å². The number of amides is 1. The van der Waals surface area contributed by atoms with Gasteiger partial charge in [-0.25, -0.2) is 14.4 Å². The Hall–Kier alpha value is -5.46.